The topological polar surface area (TPSA) is 46.6 Å². The van der Waals surface area contributed by atoms with Crippen LogP contribution in [0, 0.1) is 5.92 Å². The van der Waals surface area contributed by atoms with Crippen LogP contribution in [0.15, 0.2) is 0 Å². The number of carbonyl (C=O) groups is 2. The zero-order valence-electron chi connectivity index (χ0n) is 12.7. The van der Waals surface area contributed by atoms with Gasteiger partial charge in [0.25, 0.3) is 0 Å². The van der Waals surface area contributed by atoms with E-state index in [0.717, 1.165) is 12.8 Å². The molecule has 0 aromatic rings. The maximum Gasteiger partial charge on any atom is 0.417 e. The first-order chi connectivity index (χ1) is 8.83. The van der Waals surface area contributed by atoms with Gasteiger partial charge in [0.15, 0.2) is 0 Å². The summed E-state index contributed by atoms with van der Waals surface area (Å²) in [5, 5.41) is 0. The average Bonchev–Trinajstić information content (AvgIpc) is 2.64. The highest BCUT2D eigenvalue weighted by atomic mass is 16.6. The zero-order valence-corrected chi connectivity index (χ0v) is 12.7. The third-order valence-corrected chi connectivity index (χ3v) is 3.28. The SMILES string of the molecule is CCCCCC[C@H]1CC(=O)N(C(=O)OC(C)(C)C)C1. The Kier molecular flexibility index (Phi) is 5.83. The van der Waals surface area contributed by atoms with Crippen molar-refractivity contribution in [1.29, 1.82) is 0 Å². The van der Waals surface area contributed by atoms with Gasteiger partial charge in [-0.25, -0.2) is 9.69 Å². The second kappa shape index (κ2) is 6.92. The van der Waals surface area contributed by atoms with Gasteiger partial charge in [-0.05, 0) is 33.1 Å². The number of nitrogens with zero attached hydrogens (tertiary/aromatic N) is 1. The maximum atomic E-state index is 11.9. The van der Waals surface area contributed by atoms with Gasteiger partial charge in [0, 0.05) is 13.0 Å². The van der Waals surface area contributed by atoms with Gasteiger partial charge in [-0.3, -0.25) is 4.79 Å². The fourth-order valence-electron chi connectivity index (χ4n) is 2.33. The predicted molar refractivity (Wildman–Crippen MR) is 74.8 cm³/mol. The van der Waals surface area contributed by atoms with E-state index < -0.39 is 11.7 Å². The molecule has 0 aromatic heterocycles. The Labute approximate surface area is 116 Å². The highest BCUT2D eigenvalue weighted by Crippen LogP contribution is 2.25. The molecule has 1 saturated heterocycles. The summed E-state index contributed by atoms with van der Waals surface area (Å²) in [6.45, 7) is 8.15. The highest BCUT2D eigenvalue weighted by Gasteiger charge is 2.35. The van der Waals surface area contributed by atoms with Gasteiger partial charge in [-0.1, -0.05) is 32.6 Å². The quantitative estimate of drug-likeness (QED) is 0.714. The summed E-state index contributed by atoms with van der Waals surface area (Å²) in [6, 6.07) is 0. The lowest BCUT2D eigenvalue weighted by atomic mass is 10.00. The van der Waals surface area contributed by atoms with Gasteiger partial charge in [0.1, 0.15) is 5.60 Å². The first-order valence-corrected chi connectivity index (χ1v) is 7.37. The molecule has 1 heterocycles. The molecule has 0 saturated carbocycles. The summed E-state index contributed by atoms with van der Waals surface area (Å²) < 4.78 is 5.25. The molecule has 0 aliphatic carbocycles. The standard InChI is InChI=1S/C15H27NO3/c1-5-6-7-8-9-12-10-13(17)16(11-12)14(18)19-15(2,3)4/h12H,5-11H2,1-4H3/t12-/m0/s1. The highest BCUT2D eigenvalue weighted by molar-refractivity contribution is 5.93. The van der Waals surface area contributed by atoms with Crippen molar-refractivity contribution in [1.82, 2.24) is 4.90 Å². The van der Waals surface area contributed by atoms with Crippen LogP contribution in [0.4, 0.5) is 4.79 Å². The number of rotatable bonds is 5. The van der Waals surface area contributed by atoms with E-state index in [-0.39, 0.29) is 5.91 Å². The summed E-state index contributed by atoms with van der Waals surface area (Å²) in [5.74, 6) is 0.228. The minimum Gasteiger partial charge on any atom is -0.443 e. The van der Waals surface area contributed by atoms with Crippen molar-refractivity contribution < 1.29 is 14.3 Å². The van der Waals surface area contributed by atoms with Crippen LogP contribution in [0.25, 0.3) is 0 Å². The Morgan fingerprint density at radius 2 is 2.00 bits per heavy atom. The first kappa shape index (κ1) is 16.0. The van der Waals surface area contributed by atoms with Gasteiger partial charge in [-0.2, -0.15) is 0 Å². The predicted octanol–water partition coefficient (Wildman–Crippen LogP) is 3.74. The largest absolute Gasteiger partial charge is 0.443 e. The molecule has 2 amide bonds. The number of carbonyl (C=O) groups excluding carboxylic acids is 2. The lowest BCUT2D eigenvalue weighted by Gasteiger charge is -2.23. The number of likely N-dealkylation sites (tertiary alicyclic amines) is 1. The van der Waals surface area contributed by atoms with E-state index in [1.165, 1.54) is 24.2 Å². The van der Waals surface area contributed by atoms with Crippen LogP contribution in [0.5, 0.6) is 0 Å². The van der Waals surface area contributed by atoms with Crippen LogP contribution < -0.4 is 0 Å². The Hall–Kier alpha value is -1.06. The molecule has 19 heavy (non-hydrogen) atoms. The number of ether oxygens (including phenoxy) is 1. The summed E-state index contributed by atoms with van der Waals surface area (Å²) >= 11 is 0. The number of unbranched alkanes of at least 4 members (excludes halogenated alkanes) is 3. The molecular formula is C15H27NO3. The van der Waals surface area contributed by atoms with Crippen LogP contribution in [0.3, 0.4) is 0 Å². The van der Waals surface area contributed by atoms with E-state index in [4.69, 9.17) is 4.74 Å². The number of amides is 2. The molecule has 1 atom stereocenters. The molecule has 1 fully saturated rings. The molecule has 110 valence electrons. The second-order valence-corrected chi connectivity index (χ2v) is 6.40. The molecule has 0 unspecified atom stereocenters. The molecule has 1 aliphatic rings. The van der Waals surface area contributed by atoms with Gasteiger partial charge in [0.05, 0.1) is 0 Å². The van der Waals surface area contributed by atoms with E-state index in [1.807, 2.05) is 20.8 Å². The lowest BCUT2D eigenvalue weighted by Crippen LogP contribution is -2.37. The van der Waals surface area contributed by atoms with Crippen LogP contribution in [-0.4, -0.2) is 29.0 Å². The van der Waals surface area contributed by atoms with Gasteiger partial charge < -0.3 is 4.74 Å². The molecule has 4 nitrogen and oxygen atoms in total. The van der Waals surface area contributed by atoms with E-state index in [1.54, 1.807) is 0 Å². The Balaban J connectivity index is 2.38. The molecule has 0 radical (unpaired) electrons. The van der Waals surface area contributed by atoms with Crippen molar-refractivity contribution in [2.24, 2.45) is 5.92 Å². The Morgan fingerprint density at radius 3 is 2.58 bits per heavy atom. The van der Waals surface area contributed by atoms with Crippen molar-refractivity contribution in [2.75, 3.05) is 6.54 Å². The van der Waals surface area contributed by atoms with Gasteiger partial charge in [-0.15, -0.1) is 0 Å². The van der Waals surface area contributed by atoms with Crippen molar-refractivity contribution in [2.45, 2.75) is 71.8 Å². The summed E-state index contributed by atoms with van der Waals surface area (Å²) in [4.78, 5) is 25.0. The van der Waals surface area contributed by atoms with E-state index in [0.29, 0.717) is 18.9 Å². The molecule has 0 N–H and O–H groups in total. The molecular weight excluding hydrogens is 242 g/mol. The Bertz CT molecular complexity index is 320. The number of hydrogen-bond acceptors (Lipinski definition) is 3. The van der Waals surface area contributed by atoms with Crippen LogP contribution in [0.1, 0.15) is 66.2 Å². The third-order valence-electron chi connectivity index (χ3n) is 3.28. The zero-order chi connectivity index (χ0) is 14.5. The monoisotopic (exact) mass is 269 g/mol. The van der Waals surface area contributed by atoms with Crippen molar-refractivity contribution in [3.63, 3.8) is 0 Å². The average molecular weight is 269 g/mol. The molecule has 1 aliphatic heterocycles. The third kappa shape index (κ3) is 5.62. The second-order valence-electron chi connectivity index (χ2n) is 6.40. The van der Waals surface area contributed by atoms with Crippen LogP contribution in [-0.2, 0) is 9.53 Å². The van der Waals surface area contributed by atoms with Crippen molar-refractivity contribution >= 4 is 12.0 Å². The van der Waals surface area contributed by atoms with Crippen LogP contribution in [0.2, 0.25) is 0 Å². The fourth-order valence-corrected chi connectivity index (χ4v) is 2.33. The number of imide groups is 1. The van der Waals surface area contributed by atoms with E-state index >= 15 is 0 Å². The normalized spacial score (nSPS) is 19.9. The lowest BCUT2D eigenvalue weighted by molar-refractivity contribution is -0.127. The summed E-state index contributed by atoms with van der Waals surface area (Å²) in [6.07, 6.45) is 5.86. The van der Waals surface area contributed by atoms with Crippen LogP contribution >= 0.6 is 0 Å². The minimum absolute atomic E-state index is 0.0882. The summed E-state index contributed by atoms with van der Waals surface area (Å²) in [7, 11) is 0. The van der Waals surface area contributed by atoms with Gasteiger partial charge in [0.2, 0.25) is 5.91 Å². The Morgan fingerprint density at radius 1 is 1.32 bits per heavy atom. The molecule has 0 bridgehead atoms. The van der Waals surface area contributed by atoms with Gasteiger partial charge >= 0.3 is 6.09 Å². The first-order valence-electron chi connectivity index (χ1n) is 7.37. The van der Waals surface area contributed by atoms with E-state index in [9.17, 15) is 9.59 Å². The fraction of sp³-hybridized carbons (Fsp3) is 0.867. The number of hydrogen-bond donors (Lipinski definition) is 0. The maximum absolute atomic E-state index is 11.9. The molecule has 1 rings (SSSR count). The summed E-state index contributed by atoms with van der Waals surface area (Å²) in [5.41, 5.74) is -0.545. The molecule has 0 spiro atoms. The molecule has 0 aromatic carbocycles. The molecule has 4 heteroatoms. The minimum atomic E-state index is -0.545. The van der Waals surface area contributed by atoms with Crippen molar-refractivity contribution in [3.8, 4) is 0 Å². The smallest absolute Gasteiger partial charge is 0.417 e. The van der Waals surface area contributed by atoms with Crippen molar-refractivity contribution in [3.05, 3.63) is 0 Å². The van der Waals surface area contributed by atoms with E-state index in [2.05, 4.69) is 6.92 Å².